The number of aryl methyl sites for hydroxylation is 1. The SMILES string of the molecule is CCNC(=O)N1CCC(Oc2cc(C)oc(=O)c2)C1. The van der Waals surface area contributed by atoms with Gasteiger partial charge in [-0.1, -0.05) is 0 Å². The molecular weight excluding hydrogens is 248 g/mol. The molecule has 1 aliphatic heterocycles. The highest BCUT2D eigenvalue weighted by Gasteiger charge is 2.27. The van der Waals surface area contributed by atoms with Crippen LogP contribution in [0, 0.1) is 6.92 Å². The van der Waals surface area contributed by atoms with E-state index >= 15 is 0 Å². The molecule has 1 aromatic rings. The van der Waals surface area contributed by atoms with E-state index in [0.29, 0.717) is 31.1 Å². The molecule has 0 radical (unpaired) electrons. The van der Waals surface area contributed by atoms with E-state index < -0.39 is 5.63 Å². The summed E-state index contributed by atoms with van der Waals surface area (Å²) in [7, 11) is 0. The third-order valence-corrected chi connectivity index (χ3v) is 2.93. The summed E-state index contributed by atoms with van der Waals surface area (Å²) < 4.78 is 10.6. The Morgan fingerprint density at radius 2 is 2.37 bits per heavy atom. The molecule has 1 unspecified atom stereocenters. The Labute approximate surface area is 111 Å². The minimum absolute atomic E-state index is 0.0719. The smallest absolute Gasteiger partial charge is 0.339 e. The van der Waals surface area contributed by atoms with Crippen molar-refractivity contribution in [3.8, 4) is 5.75 Å². The molecule has 1 saturated heterocycles. The zero-order valence-electron chi connectivity index (χ0n) is 11.1. The quantitative estimate of drug-likeness (QED) is 0.890. The van der Waals surface area contributed by atoms with Gasteiger partial charge in [0.1, 0.15) is 17.6 Å². The molecule has 104 valence electrons. The van der Waals surface area contributed by atoms with E-state index in [1.165, 1.54) is 6.07 Å². The number of ether oxygens (including phenoxy) is 1. The number of hydrogen-bond donors (Lipinski definition) is 1. The highest BCUT2D eigenvalue weighted by Crippen LogP contribution is 2.18. The molecule has 2 heterocycles. The number of urea groups is 1. The molecule has 1 fully saturated rings. The van der Waals surface area contributed by atoms with Gasteiger partial charge in [-0.3, -0.25) is 0 Å². The van der Waals surface area contributed by atoms with Gasteiger partial charge in [-0.05, 0) is 13.8 Å². The Bertz CT molecular complexity index is 512. The van der Waals surface area contributed by atoms with Gasteiger partial charge in [0.15, 0.2) is 0 Å². The fraction of sp³-hybridized carbons (Fsp3) is 0.538. The summed E-state index contributed by atoms with van der Waals surface area (Å²) in [5.41, 5.74) is -0.423. The number of likely N-dealkylation sites (tertiary alicyclic amines) is 1. The van der Waals surface area contributed by atoms with E-state index in [0.717, 1.165) is 6.42 Å². The lowest BCUT2D eigenvalue weighted by atomic mass is 10.3. The highest BCUT2D eigenvalue weighted by atomic mass is 16.5. The van der Waals surface area contributed by atoms with Crippen LogP contribution < -0.4 is 15.7 Å². The summed E-state index contributed by atoms with van der Waals surface area (Å²) >= 11 is 0. The summed E-state index contributed by atoms with van der Waals surface area (Å²) in [5.74, 6) is 1.01. The number of rotatable bonds is 3. The summed E-state index contributed by atoms with van der Waals surface area (Å²) in [5, 5.41) is 2.76. The van der Waals surface area contributed by atoms with Crippen molar-refractivity contribution >= 4 is 6.03 Å². The van der Waals surface area contributed by atoms with Gasteiger partial charge >= 0.3 is 11.7 Å². The first kappa shape index (κ1) is 13.5. The molecule has 1 atom stereocenters. The molecule has 2 rings (SSSR count). The van der Waals surface area contributed by atoms with Crippen molar-refractivity contribution in [2.75, 3.05) is 19.6 Å². The van der Waals surface area contributed by atoms with Gasteiger partial charge in [-0.15, -0.1) is 0 Å². The van der Waals surface area contributed by atoms with Gasteiger partial charge in [-0.2, -0.15) is 0 Å². The summed E-state index contributed by atoms with van der Waals surface area (Å²) in [6, 6.07) is 2.93. The molecule has 1 aliphatic rings. The molecule has 0 aliphatic carbocycles. The average Bonchev–Trinajstić information content (AvgIpc) is 2.76. The zero-order chi connectivity index (χ0) is 13.8. The summed E-state index contributed by atoms with van der Waals surface area (Å²) in [6.45, 7) is 5.39. The van der Waals surface area contributed by atoms with Crippen molar-refractivity contribution in [2.24, 2.45) is 0 Å². The Kier molecular flexibility index (Phi) is 4.09. The van der Waals surface area contributed by atoms with E-state index in [4.69, 9.17) is 9.15 Å². The van der Waals surface area contributed by atoms with Crippen molar-refractivity contribution in [2.45, 2.75) is 26.4 Å². The average molecular weight is 266 g/mol. The Balaban J connectivity index is 1.94. The van der Waals surface area contributed by atoms with Crippen LogP contribution in [0.25, 0.3) is 0 Å². The van der Waals surface area contributed by atoms with E-state index in [1.807, 2.05) is 6.92 Å². The molecule has 0 saturated carbocycles. The predicted octanol–water partition coefficient (Wildman–Crippen LogP) is 1.13. The summed E-state index contributed by atoms with van der Waals surface area (Å²) in [6.07, 6.45) is 0.681. The number of amides is 2. The van der Waals surface area contributed by atoms with Crippen LogP contribution in [-0.4, -0.2) is 36.7 Å². The molecule has 0 bridgehead atoms. The number of hydrogen-bond acceptors (Lipinski definition) is 4. The van der Waals surface area contributed by atoms with Crippen LogP contribution in [0.5, 0.6) is 5.75 Å². The Hall–Kier alpha value is -1.98. The monoisotopic (exact) mass is 266 g/mol. The van der Waals surface area contributed by atoms with Crippen LogP contribution >= 0.6 is 0 Å². The van der Waals surface area contributed by atoms with Gasteiger partial charge in [0, 0.05) is 25.6 Å². The molecular formula is C13H18N2O4. The van der Waals surface area contributed by atoms with Crippen LogP contribution in [-0.2, 0) is 0 Å². The lowest BCUT2D eigenvalue weighted by Crippen LogP contribution is -2.39. The highest BCUT2D eigenvalue weighted by molar-refractivity contribution is 5.74. The van der Waals surface area contributed by atoms with Crippen LogP contribution in [0.15, 0.2) is 21.3 Å². The van der Waals surface area contributed by atoms with Crippen molar-refractivity contribution in [3.05, 3.63) is 28.3 Å². The van der Waals surface area contributed by atoms with E-state index in [1.54, 1.807) is 17.9 Å². The van der Waals surface area contributed by atoms with Crippen molar-refractivity contribution in [3.63, 3.8) is 0 Å². The fourth-order valence-corrected chi connectivity index (χ4v) is 2.11. The third kappa shape index (κ3) is 3.49. The Morgan fingerprint density at radius 1 is 1.58 bits per heavy atom. The van der Waals surface area contributed by atoms with Gasteiger partial charge in [0.05, 0.1) is 12.6 Å². The van der Waals surface area contributed by atoms with Crippen molar-refractivity contribution in [1.29, 1.82) is 0 Å². The zero-order valence-corrected chi connectivity index (χ0v) is 11.1. The number of nitrogens with zero attached hydrogens (tertiary/aromatic N) is 1. The minimum atomic E-state index is -0.423. The third-order valence-electron chi connectivity index (χ3n) is 2.93. The van der Waals surface area contributed by atoms with Crippen molar-refractivity contribution < 1.29 is 13.9 Å². The van der Waals surface area contributed by atoms with Gasteiger partial charge < -0.3 is 19.4 Å². The van der Waals surface area contributed by atoms with Crippen LogP contribution in [0.3, 0.4) is 0 Å². The first-order valence-corrected chi connectivity index (χ1v) is 6.39. The number of carbonyl (C=O) groups is 1. The largest absolute Gasteiger partial charge is 0.488 e. The standard InChI is InChI=1S/C13H18N2O4/c1-3-14-13(17)15-5-4-10(8-15)19-11-6-9(2)18-12(16)7-11/h6-7,10H,3-5,8H2,1-2H3,(H,14,17). The molecule has 1 aromatic heterocycles. The number of carbonyl (C=O) groups excluding carboxylic acids is 1. The van der Waals surface area contributed by atoms with Crippen molar-refractivity contribution in [1.82, 2.24) is 10.2 Å². The van der Waals surface area contributed by atoms with E-state index in [2.05, 4.69) is 5.32 Å². The maximum Gasteiger partial charge on any atom is 0.339 e. The van der Waals surface area contributed by atoms with Crippen LogP contribution in [0.4, 0.5) is 4.79 Å². The first-order valence-electron chi connectivity index (χ1n) is 6.39. The van der Waals surface area contributed by atoms with Crippen LogP contribution in [0.1, 0.15) is 19.1 Å². The molecule has 1 N–H and O–H groups in total. The molecule has 6 nitrogen and oxygen atoms in total. The Morgan fingerprint density at radius 3 is 3.05 bits per heavy atom. The second kappa shape index (κ2) is 5.77. The second-order valence-corrected chi connectivity index (χ2v) is 4.53. The van der Waals surface area contributed by atoms with Gasteiger partial charge in [-0.25, -0.2) is 9.59 Å². The second-order valence-electron chi connectivity index (χ2n) is 4.53. The topological polar surface area (TPSA) is 71.8 Å². The maximum atomic E-state index is 11.6. The maximum absolute atomic E-state index is 11.6. The molecule has 0 aromatic carbocycles. The molecule has 19 heavy (non-hydrogen) atoms. The minimum Gasteiger partial charge on any atom is -0.488 e. The lowest BCUT2D eigenvalue weighted by molar-refractivity contribution is 0.186. The van der Waals surface area contributed by atoms with E-state index in [-0.39, 0.29) is 12.1 Å². The van der Waals surface area contributed by atoms with Gasteiger partial charge in [0.2, 0.25) is 0 Å². The fourth-order valence-electron chi connectivity index (χ4n) is 2.11. The van der Waals surface area contributed by atoms with E-state index in [9.17, 15) is 9.59 Å². The molecule has 2 amide bonds. The first-order chi connectivity index (χ1) is 9.08. The predicted molar refractivity (Wildman–Crippen MR) is 69.4 cm³/mol. The lowest BCUT2D eigenvalue weighted by Gasteiger charge is -2.17. The summed E-state index contributed by atoms with van der Waals surface area (Å²) in [4.78, 5) is 24.6. The molecule has 6 heteroatoms. The van der Waals surface area contributed by atoms with Crippen LogP contribution in [0.2, 0.25) is 0 Å². The molecule has 0 spiro atoms. The number of nitrogens with one attached hydrogen (secondary N) is 1. The van der Waals surface area contributed by atoms with Gasteiger partial charge in [0.25, 0.3) is 0 Å². The normalized spacial score (nSPS) is 18.4.